The molecule has 21 heavy (non-hydrogen) atoms. The fraction of sp³-hybridized carbons (Fsp3) is 0.286. The molecule has 0 amide bonds. The van der Waals surface area contributed by atoms with Crippen molar-refractivity contribution in [3.8, 4) is 0 Å². The van der Waals surface area contributed by atoms with Crippen molar-refractivity contribution in [2.24, 2.45) is 0 Å². The second-order valence-electron chi connectivity index (χ2n) is 5.02. The molecule has 0 saturated carbocycles. The van der Waals surface area contributed by atoms with Crippen LogP contribution < -0.4 is 10.5 Å². The number of rotatable bonds is 4. The highest BCUT2D eigenvalue weighted by molar-refractivity contribution is 9.10. The lowest BCUT2D eigenvalue weighted by Crippen LogP contribution is -2.22. The highest BCUT2D eigenvalue weighted by atomic mass is 79.9. The molecule has 7 heteroatoms. The van der Waals surface area contributed by atoms with Crippen LogP contribution in [0.25, 0.3) is 0 Å². The monoisotopic (exact) mass is 386 g/mol. The third-order valence-corrected chi connectivity index (χ3v) is 6.87. The quantitative estimate of drug-likeness (QED) is 0.792. The van der Waals surface area contributed by atoms with E-state index in [1.807, 2.05) is 0 Å². The first-order chi connectivity index (χ1) is 9.95. The summed E-state index contributed by atoms with van der Waals surface area (Å²) >= 11 is 4.96. The molecule has 1 heterocycles. The molecule has 1 aromatic carbocycles. The van der Waals surface area contributed by atoms with Crippen LogP contribution in [0, 0.1) is 0 Å². The summed E-state index contributed by atoms with van der Waals surface area (Å²) in [5, 5.41) is 0. The van der Waals surface area contributed by atoms with Crippen molar-refractivity contribution >= 4 is 43.0 Å². The number of nitrogens with two attached hydrogens (primary N) is 1. The van der Waals surface area contributed by atoms with Gasteiger partial charge in [-0.25, -0.2) is 13.1 Å². The first-order valence-electron chi connectivity index (χ1n) is 6.61. The number of sulfonamides is 1. The molecule has 0 aliphatic heterocycles. The zero-order chi connectivity index (χ0) is 15.0. The molecule has 2 aromatic rings. The third kappa shape index (κ3) is 3.15. The van der Waals surface area contributed by atoms with E-state index in [9.17, 15) is 8.42 Å². The Hall–Kier alpha value is -0.890. The first-order valence-corrected chi connectivity index (χ1v) is 9.70. The van der Waals surface area contributed by atoms with Gasteiger partial charge >= 0.3 is 0 Å². The molecule has 0 spiro atoms. The number of anilines is 1. The van der Waals surface area contributed by atoms with E-state index in [0.29, 0.717) is 16.7 Å². The molecule has 3 N–H and O–H groups in total. The Morgan fingerprint density at radius 1 is 1.29 bits per heavy atom. The van der Waals surface area contributed by atoms with Gasteiger partial charge in [0.05, 0.1) is 4.90 Å². The maximum atomic E-state index is 12.3. The van der Waals surface area contributed by atoms with Crippen LogP contribution in [-0.2, 0) is 29.4 Å². The molecule has 0 radical (unpaired) electrons. The molecule has 4 nitrogen and oxygen atoms in total. The lowest BCUT2D eigenvalue weighted by atomic mass is 10.2. The average molecular weight is 387 g/mol. The fourth-order valence-corrected chi connectivity index (χ4v) is 5.00. The fourth-order valence-electron chi connectivity index (χ4n) is 2.42. The van der Waals surface area contributed by atoms with Gasteiger partial charge in [0.2, 0.25) is 10.0 Å². The Balaban J connectivity index is 1.74. The molecule has 0 saturated heterocycles. The Morgan fingerprint density at radius 2 is 2.10 bits per heavy atom. The van der Waals surface area contributed by atoms with E-state index in [-0.39, 0.29) is 4.90 Å². The van der Waals surface area contributed by atoms with E-state index in [0.717, 1.165) is 17.7 Å². The van der Waals surface area contributed by atoms with Gasteiger partial charge in [-0.05, 0) is 65.0 Å². The van der Waals surface area contributed by atoms with E-state index < -0.39 is 10.0 Å². The van der Waals surface area contributed by atoms with Gasteiger partial charge in [-0.2, -0.15) is 0 Å². The van der Waals surface area contributed by atoms with Crippen molar-refractivity contribution in [1.82, 2.24) is 4.72 Å². The summed E-state index contributed by atoms with van der Waals surface area (Å²) < 4.78 is 27.9. The minimum atomic E-state index is -3.53. The summed E-state index contributed by atoms with van der Waals surface area (Å²) in [5.74, 6) is 0. The van der Waals surface area contributed by atoms with Gasteiger partial charge < -0.3 is 5.73 Å². The van der Waals surface area contributed by atoms with Gasteiger partial charge in [0, 0.05) is 26.5 Å². The molecule has 0 unspecified atom stereocenters. The second kappa shape index (κ2) is 5.72. The van der Waals surface area contributed by atoms with E-state index in [1.54, 1.807) is 17.4 Å². The number of nitrogen functional groups attached to an aromatic ring is 1. The van der Waals surface area contributed by atoms with Crippen molar-refractivity contribution in [2.45, 2.75) is 30.7 Å². The average Bonchev–Trinajstić information content (AvgIpc) is 3.00. The van der Waals surface area contributed by atoms with Gasteiger partial charge in [-0.3, -0.25) is 0 Å². The molecule has 0 fully saturated rings. The summed E-state index contributed by atoms with van der Waals surface area (Å²) in [6, 6.07) is 6.76. The molecule has 1 aliphatic carbocycles. The minimum Gasteiger partial charge on any atom is -0.398 e. The number of aryl methyl sites for hydroxylation is 2. The molecular formula is C14H15BrN2O2S2. The SMILES string of the molecule is Nc1cc(S(=O)(=O)NCc2cc3c(s2)CCC3)ccc1Br. The summed E-state index contributed by atoms with van der Waals surface area (Å²) in [4.78, 5) is 2.65. The Kier molecular flexibility index (Phi) is 4.09. The lowest BCUT2D eigenvalue weighted by Gasteiger charge is -2.07. The molecule has 112 valence electrons. The zero-order valence-corrected chi connectivity index (χ0v) is 14.4. The topological polar surface area (TPSA) is 72.2 Å². The normalized spacial score (nSPS) is 14.3. The number of fused-ring (bicyclic) bond motifs is 1. The molecule has 0 atom stereocenters. The Morgan fingerprint density at radius 3 is 2.81 bits per heavy atom. The van der Waals surface area contributed by atoms with Gasteiger partial charge in [-0.15, -0.1) is 11.3 Å². The minimum absolute atomic E-state index is 0.187. The van der Waals surface area contributed by atoms with Gasteiger partial charge in [0.25, 0.3) is 0 Å². The second-order valence-corrected chi connectivity index (χ2v) is 8.87. The smallest absolute Gasteiger partial charge is 0.240 e. The standard InChI is InChI=1S/C14H15BrN2O2S2/c15-12-5-4-11(7-13(12)16)21(18,19)17-8-10-6-9-2-1-3-14(9)20-10/h4-7,17H,1-3,8,16H2. The van der Waals surface area contributed by atoms with Crippen LogP contribution in [0.2, 0.25) is 0 Å². The molecule has 0 bridgehead atoms. The summed E-state index contributed by atoms with van der Waals surface area (Å²) in [5.41, 5.74) is 7.52. The van der Waals surface area contributed by atoms with Crippen LogP contribution in [-0.4, -0.2) is 8.42 Å². The largest absolute Gasteiger partial charge is 0.398 e. The predicted octanol–water partition coefficient (Wildman–Crippen LogP) is 3.06. The van der Waals surface area contributed by atoms with Crippen LogP contribution in [0.15, 0.2) is 33.6 Å². The van der Waals surface area contributed by atoms with E-state index >= 15 is 0 Å². The van der Waals surface area contributed by atoms with E-state index in [1.165, 1.54) is 29.0 Å². The van der Waals surface area contributed by atoms with Crippen LogP contribution in [0.1, 0.15) is 21.7 Å². The summed E-state index contributed by atoms with van der Waals surface area (Å²) in [6.45, 7) is 0.329. The van der Waals surface area contributed by atoms with Crippen LogP contribution in [0.5, 0.6) is 0 Å². The van der Waals surface area contributed by atoms with E-state index in [4.69, 9.17) is 5.73 Å². The lowest BCUT2D eigenvalue weighted by molar-refractivity contribution is 0.582. The number of hydrogen-bond acceptors (Lipinski definition) is 4. The Bertz CT molecular complexity index is 763. The molecular weight excluding hydrogens is 372 g/mol. The van der Waals surface area contributed by atoms with Gasteiger partial charge in [-0.1, -0.05) is 0 Å². The molecule has 1 aromatic heterocycles. The molecule has 3 rings (SSSR count). The van der Waals surface area contributed by atoms with E-state index in [2.05, 4.69) is 26.7 Å². The zero-order valence-electron chi connectivity index (χ0n) is 11.2. The predicted molar refractivity (Wildman–Crippen MR) is 88.9 cm³/mol. The maximum Gasteiger partial charge on any atom is 0.240 e. The maximum absolute atomic E-state index is 12.3. The van der Waals surface area contributed by atoms with Crippen molar-refractivity contribution < 1.29 is 8.42 Å². The van der Waals surface area contributed by atoms with Crippen molar-refractivity contribution in [2.75, 3.05) is 5.73 Å². The molecule has 1 aliphatic rings. The van der Waals surface area contributed by atoms with Crippen LogP contribution >= 0.6 is 27.3 Å². The number of halogens is 1. The Labute approximate surface area is 136 Å². The highest BCUT2D eigenvalue weighted by Gasteiger charge is 2.18. The number of nitrogens with one attached hydrogen (secondary N) is 1. The van der Waals surface area contributed by atoms with Crippen molar-refractivity contribution in [1.29, 1.82) is 0 Å². The summed E-state index contributed by atoms with van der Waals surface area (Å²) in [6.07, 6.45) is 3.45. The first kappa shape index (κ1) is 15.0. The van der Waals surface area contributed by atoms with Gasteiger partial charge in [0.1, 0.15) is 0 Å². The number of benzene rings is 1. The summed E-state index contributed by atoms with van der Waals surface area (Å²) in [7, 11) is -3.53. The highest BCUT2D eigenvalue weighted by Crippen LogP contribution is 2.30. The number of hydrogen-bond donors (Lipinski definition) is 2. The van der Waals surface area contributed by atoms with Gasteiger partial charge in [0.15, 0.2) is 0 Å². The number of thiophene rings is 1. The van der Waals surface area contributed by atoms with Crippen molar-refractivity contribution in [3.05, 3.63) is 44.1 Å². The van der Waals surface area contributed by atoms with Crippen LogP contribution in [0.3, 0.4) is 0 Å². The van der Waals surface area contributed by atoms with Crippen molar-refractivity contribution in [3.63, 3.8) is 0 Å². The third-order valence-electron chi connectivity index (χ3n) is 3.51. The van der Waals surface area contributed by atoms with Crippen LogP contribution in [0.4, 0.5) is 5.69 Å².